The SMILES string of the molecule is CCOP(=O)(CNC(=O)[C@@H](N)CCON)OCC. The zero-order valence-electron chi connectivity index (χ0n) is 10.8. The van der Waals surface area contributed by atoms with Gasteiger partial charge in [0.05, 0.1) is 25.9 Å². The molecule has 0 aliphatic carbocycles. The normalized spacial score (nSPS) is 13.3. The second-order valence-electron chi connectivity index (χ2n) is 3.41. The molecular weight excluding hydrogens is 261 g/mol. The largest absolute Gasteiger partial charge is 0.349 e. The second kappa shape index (κ2) is 9.43. The lowest BCUT2D eigenvalue weighted by molar-refractivity contribution is -0.122. The zero-order valence-corrected chi connectivity index (χ0v) is 11.7. The summed E-state index contributed by atoms with van der Waals surface area (Å²) in [4.78, 5) is 15.9. The fraction of sp³-hybridized carbons (Fsp3) is 0.889. The van der Waals surface area contributed by atoms with Gasteiger partial charge in [0.15, 0.2) is 0 Å². The summed E-state index contributed by atoms with van der Waals surface area (Å²) in [6.07, 6.45) is 0.0700. The van der Waals surface area contributed by atoms with Crippen LogP contribution in [0.1, 0.15) is 20.3 Å². The van der Waals surface area contributed by atoms with Gasteiger partial charge in [0, 0.05) is 0 Å². The molecule has 18 heavy (non-hydrogen) atoms. The summed E-state index contributed by atoms with van der Waals surface area (Å²) >= 11 is 0. The summed E-state index contributed by atoms with van der Waals surface area (Å²) in [5.41, 5.74) is 5.56. The molecular formula is C9H22N3O5P. The molecule has 108 valence electrons. The van der Waals surface area contributed by atoms with Crippen molar-refractivity contribution in [3.05, 3.63) is 0 Å². The van der Waals surface area contributed by atoms with Crippen molar-refractivity contribution in [1.29, 1.82) is 0 Å². The monoisotopic (exact) mass is 283 g/mol. The predicted molar refractivity (Wildman–Crippen MR) is 66.6 cm³/mol. The summed E-state index contributed by atoms with van der Waals surface area (Å²) < 4.78 is 22.0. The maximum Gasteiger partial charge on any atom is 0.349 e. The van der Waals surface area contributed by atoms with Crippen molar-refractivity contribution in [1.82, 2.24) is 5.32 Å². The highest BCUT2D eigenvalue weighted by Gasteiger charge is 2.25. The number of carbonyl (C=O) groups is 1. The van der Waals surface area contributed by atoms with Gasteiger partial charge >= 0.3 is 7.60 Å². The topological polar surface area (TPSA) is 126 Å². The van der Waals surface area contributed by atoms with Crippen molar-refractivity contribution < 1.29 is 23.2 Å². The fourth-order valence-electron chi connectivity index (χ4n) is 1.15. The first-order chi connectivity index (χ1) is 8.49. The van der Waals surface area contributed by atoms with Crippen molar-refractivity contribution in [3.63, 3.8) is 0 Å². The van der Waals surface area contributed by atoms with Gasteiger partial charge in [-0.1, -0.05) is 0 Å². The maximum absolute atomic E-state index is 12.0. The van der Waals surface area contributed by atoms with Crippen molar-refractivity contribution in [2.24, 2.45) is 11.6 Å². The molecule has 0 unspecified atom stereocenters. The van der Waals surface area contributed by atoms with Crippen molar-refractivity contribution in [3.8, 4) is 0 Å². The molecule has 5 N–H and O–H groups in total. The molecule has 0 bridgehead atoms. The van der Waals surface area contributed by atoms with E-state index in [0.29, 0.717) is 0 Å². The highest BCUT2D eigenvalue weighted by molar-refractivity contribution is 7.53. The molecule has 0 heterocycles. The van der Waals surface area contributed by atoms with Gasteiger partial charge in [0.2, 0.25) is 5.91 Å². The second-order valence-corrected chi connectivity index (χ2v) is 5.47. The minimum atomic E-state index is -3.28. The van der Waals surface area contributed by atoms with Crippen LogP contribution in [0, 0.1) is 0 Å². The molecule has 1 amide bonds. The Bertz CT molecular complexity index is 279. The minimum absolute atomic E-state index is 0.170. The number of nitrogens with one attached hydrogen (secondary N) is 1. The first kappa shape index (κ1) is 17.5. The van der Waals surface area contributed by atoms with Crippen LogP contribution < -0.4 is 16.9 Å². The molecule has 0 aliphatic heterocycles. The lowest BCUT2D eigenvalue weighted by Crippen LogP contribution is -2.41. The summed E-state index contributed by atoms with van der Waals surface area (Å²) in [7, 11) is -3.28. The first-order valence-electron chi connectivity index (χ1n) is 5.72. The summed E-state index contributed by atoms with van der Waals surface area (Å²) in [6.45, 7) is 4.03. The van der Waals surface area contributed by atoms with Crippen molar-refractivity contribution in [2.75, 3.05) is 26.1 Å². The van der Waals surface area contributed by atoms with E-state index in [9.17, 15) is 9.36 Å². The Morgan fingerprint density at radius 3 is 2.33 bits per heavy atom. The quantitative estimate of drug-likeness (QED) is 0.378. The van der Waals surface area contributed by atoms with Crippen LogP contribution in [0.2, 0.25) is 0 Å². The molecule has 8 nitrogen and oxygen atoms in total. The molecule has 0 aromatic carbocycles. The van der Waals surface area contributed by atoms with Crippen LogP contribution in [0.25, 0.3) is 0 Å². The number of hydrogen-bond acceptors (Lipinski definition) is 7. The smallest absolute Gasteiger partial charge is 0.343 e. The molecule has 0 saturated carbocycles. The summed E-state index contributed by atoms with van der Waals surface area (Å²) in [5, 5.41) is 2.43. The van der Waals surface area contributed by atoms with Gasteiger partial charge in [0.1, 0.15) is 6.29 Å². The van der Waals surface area contributed by atoms with Crippen LogP contribution in [0.3, 0.4) is 0 Å². The number of carbonyl (C=O) groups excluding carboxylic acids is 1. The zero-order chi connectivity index (χ0) is 14.0. The third-order valence-corrected chi connectivity index (χ3v) is 3.83. The van der Waals surface area contributed by atoms with E-state index in [4.69, 9.17) is 20.7 Å². The highest BCUT2D eigenvalue weighted by atomic mass is 31.2. The summed E-state index contributed by atoms with van der Waals surface area (Å²) in [5.74, 6) is 4.38. The third-order valence-electron chi connectivity index (χ3n) is 1.98. The average Bonchev–Trinajstić information content (AvgIpc) is 2.33. The van der Waals surface area contributed by atoms with E-state index in [1.54, 1.807) is 13.8 Å². The van der Waals surface area contributed by atoms with Gasteiger partial charge in [-0.2, -0.15) is 0 Å². The van der Waals surface area contributed by atoms with Gasteiger partial charge < -0.3 is 24.9 Å². The number of nitrogens with two attached hydrogens (primary N) is 2. The van der Waals surface area contributed by atoms with E-state index in [-0.39, 0.29) is 32.5 Å². The van der Waals surface area contributed by atoms with Gasteiger partial charge in [-0.05, 0) is 20.3 Å². The molecule has 0 radical (unpaired) electrons. The van der Waals surface area contributed by atoms with Crippen molar-refractivity contribution in [2.45, 2.75) is 26.3 Å². The molecule has 0 rings (SSSR count). The molecule has 0 aliphatic rings. The lowest BCUT2D eigenvalue weighted by Gasteiger charge is -2.18. The Morgan fingerprint density at radius 2 is 1.89 bits per heavy atom. The van der Waals surface area contributed by atoms with E-state index < -0.39 is 19.5 Å². The molecule has 0 aromatic heterocycles. The van der Waals surface area contributed by atoms with E-state index in [0.717, 1.165) is 0 Å². The van der Waals surface area contributed by atoms with Crippen LogP contribution in [0.15, 0.2) is 0 Å². The molecule has 0 spiro atoms. The van der Waals surface area contributed by atoms with E-state index in [1.165, 1.54) is 0 Å². The minimum Gasteiger partial charge on any atom is -0.343 e. The molecule has 0 saturated heterocycles. The Balaban J connectivity index is 4.18. The molecule has 0 aromatic rings. The van der Waals surface area contributed by atoms with Crippen molar-refractivity contribution >= 4 is 13.5 Å². The Morgan fingerprint density at radius 1 is 1.33 bits per heavy atom. The average molecular weight is 283 g/mol. The van der Waals surface area contributed by atoms with Gasteiger partial charge in [-0.3, -0.25) is 9.36 Å². The fourth-order valence-corrected chi connectivity index (χ4v) is 2.55. The molecule has 1 atom stereocenters. The van der Waals surface area contributed by atoms with Crippen LogP contribution in [-0.4, -0.2) is 38.1 Å². The van der Waals surface area contributed by atoms with Crippen LogP contribution in [0.5, 0.6) is 0 Å². The molecule has 9 heteroatoms. The van der Waals surface area contributed by atoms with Crippen LogP contribution in [0.4, 0.5) is 0 Å². The Kier molecular flexibility index (Phi) is 9.17. The summed E-state index contributed by atoms with van der Waals surface area (Å²) in [6, 6.07) is -0.773. The highest BCUT2D eigenvalue weighted by Crippen LogP contribution is 2.46. The lowest BCUT2D eigenvalue weighted by atomic mass is 10.2. The molecule has 0 fully saturated rings. The Labute approximate surface area is 107 Å². The standard InChI is InChI=1S/C9H22N3O5P/c1-3-16-18(14,17-4-2)7-12-9(13)8(10)5-6-15-11/h8H,3-7,10-11H2,1-2H3,(H,12,13)/t8-/m0/s1. The van der Waals surface area contributed by atoms with E-state index >= 15 is 0 Å². The maximum atomic E-state index is 12.0. The number of rotatable bonds is 10. The Hall–Kier alpha value is -0.500. The van der Waals surface area contributed by atoms with E-state index in [2.05, 4.69) is 10.2 Å². The van der Waals surface area contributed by atoms with Crippen LogP contribution >= 0.6 is 7.60 Å². The number of hydrogen-bond donors (Lipinski definition) is 3. The van der Waals surface area contributed by atoms with Crippen LogP contribution in [-0.2, 0) is 23.2 Å². The number of amides is 1. The van der Waals surface area contributed by atoms with Gasteiger partial charge in [-0.25, -0.2) is 5.90 Å². The van der Waals surface area contributed by atoms with Gasteiger partial charge in [-0.15, -0.1) is 0 Å². The van der Waals surface area contributed by atoms with Gasteiger partial charge in [0.25, 0.3) is 0 Å². The van der Waals surface area contributed by atoms with E-state index in [1.807, 2.05) is 0 Å². The first-order valence-corrected chi connectivity index (χ1v) is 7.45. The third kappa shape index (κ3) is 7.05. The predicted octanol–water partition coefficient (Wildman–Crippen LogP) is -0.0661.